The highest BCUT2D eigenvalue weighted by Gasteiger charge is 2.51. The number of aliphatic hydroxyl groups is 1. The normalized spacial score (nSPS) is 14.6. The van der Waals surface area contributed by atoms with Crippen LogP contribution >= 0.6 is 0 Å². The number of carbonyl (C=O) groups excluding carboxylic acids is 1. The molecule has 2 aromatic rings. The third-order valence-corrected chi connectivity index (χ3v) is 10.2. The molecule has 0 aromatic heterocycles. The standard InChI is InChI=1S/C25H37NO4Si/c1-23(2,3)30-22(28)26-25(7,18-27)19-29-31(24(4,5)6,20-14-10-8-11-15-20)21-16-12-9-13-17-21/h8-17,27H,18-19H2,1-7H3,(H,26,28)/t25-/m1/s1. The molecule has 0 saturated carbocycles. The van der Waals surface area contributed by atoms with Gasteiger partial charge < -0.3 is 19.6 Å². The summed E-state index contributed by atoms with van der Waals surface area (Å²) in [6.07, 6.45) is -0.574. The maximum atomic E-state index is 12.4. The fourth-order valence-electron chi connectivity index (χ4n) is 3.70. The van der Waals surface area contributed by atoms with Crippen LogP contribution in [0.3, 0.4) is 0 Å². The Morgan fingerprint density at radius 2 is 1.32 bits per heavy atom. The van der Waals surface area contributed by atoms with Gasteiger partial charge in [-0.25, -0.2) is 4.79 Å². The number of rotatable bonds is 7. The van der Waals surface area contributed by atoms with Gasteiger partial charge in [-0.1, -0.05) is 81.4 Å². The van der Waals surface area contributed by atoms with E-state index >= 15 is 0 Å². The van der Waals surface area contributed by atoms with Crippen molar-refractivity contribution in [2.24, 2.45) is 0 Å². The zero-order chi connectivity index (χ0) is 23.3. The Labute approximate surface area is 187 Å². The first kappa shape index (κ1) is 25.1. The lowest BCUT2D eigenvalue weighted by atomic mass is 10.1. The average Bonchev–Trinajstić information content (AvgIpc) is 2.67. The number of carbonyl (C=O) groups is 1. The minimum absolute atomic E-state index is 0.149. The monoisotopic (exact) mass is 443 g/mol. The average molecular weight is 444 g/mol. The summed E-state index contributed by atoms with van der Waals surface area (Å²) in [5.74, 6) is 0. The maximum absolute atomic E-state index is 12.4. The molecule has 0 unspecified atom stereocenters. The van der Waals surface area contributed by atoms with Gasteiger partial charge in [-0.05, 0) is 43.1 Å². The molecule has 0 spiro atoms. The third kappa shape index (κ3) is 6.18. The molecule has 0 aliphatic carbocycles. The minimum Gasteiger partial charge on any atom is -0.444 e. The fourth-order valence-corrected chi connectivity index (χ4v) is 8.39. The predicted molar refractivity (Wildman–Crippen MR) is 128 cm³/mol. The van der Waals surface area contributed by atoms with Crippen LogP contribution in [0.1, 0.15) is 48.5 Å². The van der Waals surface area contributed by atoms with Crippen molar-refractivity contribution < 1.29 is 19.1 Å². The summed E-state index contributed by atoms with van der Waals surface area (Å²) in [5, 5.41) is 15.0. The van der Waals surface area contributed by atoms with E-state index < -0.39 is 25.6 Å². The summed E-state index contributed by atoms with van der Waals surface area (Å²) in [4.78, 5) is 12.4. The fraction of sp³-hybridized carbons (Fsp3) is 0.480. The number of nitrogens with one attached hydrogen (secondary N) is 1. The predicted octanol–water partition coefficient (Wildman–Crippen LogP) is 3.84. The van der Waals surface area contributed by atoms with Crippen molar-refractivity contribution in [2.45, 2.75) is 64.6 Å². The van der Waals surface area contributed by atoms with Crippen LogP contribution in [-0.2, 0) is 9.16 Å². The molecule has 0 radical (unpaired) electrons. The van der Waals surface area contributed by atoms with E-state index in [4.69, 9.17) is 9.16 Å². The van der Waals surface area contributed by atoms with Crippen LogP contribution in [0.4, 0.5) is 4.79 Å². The molecule has 1 atom stereocenters. The molecule has 2 rings (SSSR count). The number of aliphatic hydroxyl groups excluding tert-OH is 1. The quantitative estimate of drug-likeness (QED) is 0.638. The van der Waals surface area contributed by atoms with Crippen molar-refractivity contribution in [2.75, 3.05) is 13.2 Å². The Balaban J connectivity index is 2.45. The summed E-state index contributed by atoms with van der Waals surface area (Å²) >= 11 is 0. The summed E-state index contributed by atoms with van der Waals surface area (Å²) in [6, 6.07) is 20.6. The van der Waals surface area contributed by atoms with E-state index in [1.54, 1.807) is 6.92 Å². The van der Waals surface area contributed by atoms with Crippen LogP contribution in [-0.4, -0.2) is 43.9 Å². The van der Waals surface area contributed by atoms with Gasteiger partial charge in [0.25, 0.3) is 8.32 Å². The van der Waals surface area contributed by atoms with Gasteiger partial charge in [-0.2, -0.15) is 0 Å². The Hall–Kier alpha value is -2.15. The van der Waals surface area contributed by atoms with Crippen LogP contribution in [0.5, 0.6) is 0 Å². The van der Waals surface area contributed by atoms with Gasteiger partial charge in [0.2, 0.25) is 0 Å². The molecule has 0 saturated heterocycles. The highest BCUT2D eigenvalue weighted by molar-refractivity contribution is 6.99. The summed E-state index contributed by atoms with van der Waals surface area (Å²) in [7, 11) is -2.78. The van der Waals surface area contributed by atoms with E-state index in [-0.39, 0.29) is 18.3 Å². The molecule has 0 heterocycles. The van der Waals surface area contributed by atoms with Crippen molar-refractivity contribution in [3.8, 4) is 0 Å². The molecule has 2 aromatic carbocycles. The maximum Gasteiger partial charge on any atom is 0.408 e. The lowest BCUT2D eigenvalue weighted by Gasteiger charge is -2.45. The Morgan fingerprint density at radius 1 is 0.871 bits per heavy atom. The van der Waals surface area contributed by atoms with Gasteiger partial charge >= 0.3 is 6.09 Å². The van der Waals surface area contributed by atoms with Crippen molar-refractivity contribution in [1.29, 1.82) is 0 Å². The first-order valence-corrected chi connectivity index (χ1v) is 12.6. The first-order chi connectivity index (χ1) is 14.3. The van der Waals surface area contributed by atoms with Crippen LogP contribution in [0, 0.1) is 0 Å². The molecule has 31 heavy (non-hydrogen) atoms. The molecule has 170 valence electrons. The van der Waals surface area contributed by atoms with Crippen LogP contribution < -0.4 is 15.7 Å². The van der Waals surface area contributed by atoms with Gasteiger partial charge in [0.1, 0.15) is 5.60 Å². The van der Waals surface area contributed by atoms with Crippen LogP contribution in [0.25, 0.3) is 0 Å². The molecule has 6 heteroatoms. The van der Waals surface area contributed by atoms with E-state index in [0.29, 0.717) is 0 Å². The van der Waals surface area contributed by atoms with E-state index in [1.165, 1.54) is 0 Å². The number of hydrogen-bond donors (Lipinski definition) is 2. The minimum atomic E-state index is -2.78. The molecule has 5 nitrogen and oxygen atoms in total. The zero-order valence-corrected chi connectivity index (χ0v) is 20.9. The van der Waals surface area contributed by atoms with E-state index in [9.17, 15) is 9.90 Å². The van der Waals surface area contributed by atoms with Gasteiger partial charge in [0.05, 0.1) is 18.8 Å². The van der Waals surface area contributed by atoms with Gasteiger partial charge in [0.15, 0.2) is 0 Å². The number of amides is 1. The van der Waals surface area contributed by atoms with Crippen molar-refractivity contribution in [1.82, 2.24) is 5.32 Å². The second-order valence-electron chi connectivity index (χ2n) is 10.3. The van der Waals surface area contributed by atoms with Gasteiger partial charge in [0, 0.05) is 0 Å². The molecule has 0 aliphatic heterocycles. The summed E-state index contributed by atoms with van der Waals surface area (Å²) < 4.78 is 12.3. The summed E-state index contributed by atoms with van der Waals surface area (Å²) in [5.41, 5.74) is -1.62. The Morgan fingerprint density at radius 3 is 1.68 bits per heavy atom. The molecule has 0 aliphatic rings. The van der Waals surface area contributed by atoms with Crippen LogP contribution in [0.15, 0.2) is 60.7 Å². The SMILES string of the molecule is CC(C)(C)OC(=O)N[C@](C)(CO)CO[Si](c1ccccc1)(c1ccccc1)C(C)(C)C. The van der Waals surface area contributed by atoms with Crippen LogP contribution in [0.2, 0.25) is 5.04 Å². The number of benzene rings is 2. The second kappa shape index (κ2) is 9.55. The molecule has 0 bridgehead atoms. The van der Waals surface area contributed by atoms with E-state index in [1.807, 2.05) is 57.2 Å². The van der Waals surface area contributed by atoms with Crippen molar-refractivity contribution >= 4 is 24.8 Å². The van der Waals surface area contributed by atoms with Gasteiger partial charge in [-0.15, -0.1) is 0 Å². The topological polar surface area (TPSA) is 67.8 Å². The van der Waals surface area contributed by atoms with Crippen molar-refractivity contribution in [3.05, 3.63) is 60.7 Å². The number of alkyl carbamates (subject to hydrolysis) is 1. The molecule has 1 amide bonds. The second-order valence-corrected chi connectivity index (χ2v) is 14.6. The number of ether oxygens (including phenoxy) is 1. The molecular weight excluding hydrogens is 406 g/mol. The van der Waals surface area contributed by atoms with E-state index in [2.05, 4.69) is 50.4 Å². The zero-order valence-electron chi connectivity index (χ0n) is 19.9. The highest BCUT2D eigenvalue weighted by Crippen LogP contribution is 2.37. The van der Waals surface area contributed by atoms with Gasteiger partial charge in [-0.3, -0.25) is 0 Å². The largest absolute Gasteiger partial charge is 0.444 e. The number of hydrogen-bond acceptors (Lipinski definition) is 4. The van der Waals surface area contributed by atoms with E-state index in [0.717, 1.165) is 10.4 Å². The van der Waals surface area contributed by atoms with Crippen molar-refractivity contribution in [3.63, 3.8) is 0 Å². The summed E-state index contributed by atoms with van der Waals surface area (Å²) in [6.45, 7) is 13.6. The smallest absolute Gasteiger partial charge is 0.408 e. The molecule has 2 N–H and O–H groups in total. The molecular formula is C25H37NO4Si. The lowest BCUT2D eigenvalue weighted by molar-refractivity contribution is 0.0345. The Bertz CT molecular complexity index is 804. The highest BCUT2D eigenvalue weighted by atomic mass is 28.4. The Kier molecular flexibility index (Phi) is 7.73. The lowest BCUT2D eigenvalue weighted by Crippen LogP contribution is -2.68. The first-order valence-electron chi connectivity index (χ1n) is 10.7. The third-order valence-electron chi connectivity index (χ3n) is 5.18. The molecule has 0 fully saturated rings.